The molecule has 1 aliphatic heterocycles. The van der Waals surface area contributed by atoms with E-state index in [2.05, 4.69) is 35.8 Å². The Kier molecular flexibility index (Phi) is 17.4. The van der Waals surface area contributed by atoms with Gasteiger partial charge in [0.05, 0.1) is 49.5 Å². The normalized spacial score (nSPS) is 14.6. The summed E-state index contributed by atoms with van der Waals surface area (Å²) in [6, 6.07) is 25.5. The van der Waals surface area contributed by atoms with Gasteiger partial charge in [-0.15, -0.1) is 0 Å². The van der Waals surface area contributed by atoms with Gasteiger partial charge in [0.2, 0.25) is 0 Å². The Bertz CT molecular complexity index is 2310. The van der Waals surface area contributed by atoms with Gasteiger partial charge in [0, 0.05) is 110 Å². The Labute approximate surface area is 375 Å². The number of anilines is 2. The van der Waals surface area contributed by atoms with Crippen molar-refractivity contribution in [2.75, 3.05) is 89.8 Å². The summed E-state index contributed by atoms with van der Waals surface area (Å²) in [5, 5.41) is 22.4. The van der Waals surface area contributed by atoms with Crippen LogP contribution in [0.25, 0.3) is 5.57 Å². The van der Waals surface area contributed by atoms with Crippen LogP contribution in [0.5, 0.6) is 11.5 Å². The number of carbonyl (C=O) groups excluding carboxylic acids is 1. The summed E-state index contributed by atoms with van der Waals surface area (Å²) in [5.41, 5.74) is 7.92. The van der Waals surface area contributed by atoms with Crippen LogP contribution in [-0.4, -0.2) is 95.7 Å². The topological polar surface area (TPSA) is 156 Å². The van der Waals surface area contributed by atoms with Crippen molar-refractivity contribution >= 4 is 34.1 Å². The monoisotopic (exact) mass is 874 g/mol. The molecule has 64 heavy (non-hydrogen) atoms. The van der Waals surface area contributed by atoms with E-state index in [0.29, 0.717) is 89.3 Å². The molecular weight excluding hydrogens is 817 g/mol. The summed E-state index contributed by atoms with van der Waals surface area (Å²) in [5.74, 6) is 1.28. The minimum atomic E-state index is -0.396. The van der Waals surface area contributed by atoms with E-state index in [1.54, 1.807) is 44.6 Å². The molecule has 2 aliphatic rings. The zero-order valence-electron chi connectivity index (χ0n) is 37.2. The number of benzene rings is 4. The van der Waals surface area contributed by atoms with Gasteiger partial charge >= 0.3 is 0 Å². The molecule has 0 fully saturated rings. The maximum atomic E-state index is 14.4. The van der Waals surface area contributed by atoms with Crippen LogP contribution in [0.2, 0.25) is 0 Å². The molecule has 0 spiro atoms. The van der Waals surface area contributed by atoms with Gasteiger partial charge in [-0.3, -0.25) is 25.0 Å². The highest BCUT2D eigenvalue weighted by Crippen LogP contribution is 2.48. The number of hydrogen-bond donors (Lipinski definition) is 0. The smallest absolute Gasteiger partial charge is 0.269 e. The van der Waals surface area contributed by atoms with Gasteiger partial charge < -0.3 is 33.5 Å². The van der Waals surface area contributed by atoms with Crippen molar-refractivity contribution in [3.63, 3.8) is 0 Å². The third-order valence-corrected chi connectivity index (χ3v) is 11.7. The van der Waals surface area contributed by atoms with Gasteiger partial charge in [0.1, 0.15) is 11.5 Å². The lowest BCUT2D eigenvalue weighted by Gasteiger charge is -2.30. The van der Waals surface area contributed by atoms with Crippen molar-refractivity contribution in [2.45, 2.75) is 39.5 Å². The second kappa shape index (κ2) is 23.5. The van der Waals surface area contributed by atoms with Gasteiger partial charge in [0.15, 0.2) is 5.78 Å². The molecule has 1 unspecified atom stereocenters. The van der Waals surface area contributed by atoms with E-state index >= 15 is 0 Å². The minimum Gasteiger partial charge on any atom is -0.456 e. The third-order valence-electron chi connectivity index (χ3n) is 11.7. The average Bonchev–Trinajstić information content (AvgIpc) is 3.30. The summed E-state index contributed by atoms with van der Waals surface area (Å²) in [6.45, 7) is 9.72. The molecule has 4 aromatic carbocycles. The van der Waals surface area contributed by atoms with Crippen LogP contribution in [0.15, 0.2) is 114 Å². The SMILES string of the molecule is CCC(CCc1ccc([N+](=O)[O-])cc1)C1=CC(=O)C(=C2c3ccc(N(CC)CCc4ccc([N+](=O)[O-])cc4)cc3Oc3cc(N(CCOCCOC)CCOCCOC)ccc32)C=C1. The van der Waals surface area contributed by atoms with Gasteiger partial charge in [-0.1, -0.05) is 43.3 Å². The molecule has 14 nitrogen and oxygen atoms in total. The molecule has 6 rings (SSSR count). The largest absolute Gasteiger partial charge is 0.456 e. The second-order valence-corrected chi connectivity index (χ2v) is 15.6. The molecule has 0 N–H and O–H groups in total. The van der Waals surface area contributed by atoms with Gasteiger partial charge in [-0.05, 0) is 85.6 Å². The third kappa shape index (κ3) is 12.3. The molecule has 338 valence electrons. The van der Waals surface area contributed by atoms with Gasteiger partial charge in [0.25, 0.3) is 11.4 Å². The average molecular weight is 875 g/mol. The number of fused-ring (bicyclic) bond motifs is 2. The first-order chi connectivity index (χ1) is 31.1. The Morgan fingerprint density at radius 1 is 0.641 bits per heavy atom. The van der Waals surface area contributed by atoms with Crippen LogP contribution in [0.3, 0.4) is 0 Å². The first kappa shape index (κ1) is 47.3. The summed E-state index contributed by atoms with van der Waals surface area (Å²) in [7, 11) is 3.29. The zero-order valence-corrected chi connectivity index (χ0v) is 37.2. The standard InChI is InChI=1S/C50H58N4O10/c1-5-38(12-7-36-8-14-40(15-9-36)53(56)57)39-13-20-44(47(55)33-39)50-45-21-18-42(51(6-2)24-23-37-10-16-41(17-11-37)54(58)59)34-48(45)64-49-35-43(19-22-46(49)50)52(25-27-62-31-29-60-3)26-28-63-32-30-61-4/h8-11,13-22,33-35,38H,5-7,12,23-32H2,1-4H3. The van der Waals surface area contributed by atoms with E-state index in [1.807, 2.05) is 36.4 Å². The number of aryl methyl sites for hydroxylation is 1. The molecule has 1 aliphatic carbocycles. The Hall–Kier alpha value is -6.19. The lowest BCUT2D eigenvalue weighted by Crippen LogP contribution is -2.31. The maximum absolute atomic E-state index is 14.4. The second-order valence-electron chi connectivity index (χ2n) is 15.6. The Morgan fingerprint density at radius 2 is 1.17 bits per heavy atom. The Balaban J connectivity index is 1.32. The summed E-state index contributed by atoms with van der Waals surface area (Å²) < 4.78 is 28.9. The number of likely N-dealkylation sites (N-methyl/N-ethyl adjacent to an activating group) is 1. The molecule has 0 saturated carbocycles. The number of allylic oxidation sites excluding steroid dienone is 5. The van der Waals surface area contributed by atoms with E-state index in [4.69, 9.17) is 23.7 Å². The molecule has 0 amide bonds. The molecule has 4 aromatic rings. The van der Waals surface area contributed by atoms with Crippen LogP contribution in [0.1, 0.15) is 48.9 Å². The molecule has 0 bridgehead atoms. The van der Waals surface area contributed by atoms with Crippen molar-refractivity contribution in [1.29, 1.82) is 0 Å². The van der Waals surface area contributed by atoms with Crippen LogP contribution in [0.4, 0.5) is 22.7 Å². The van der Waals surface area contributed by atoms with Crippen LogP contribution in [-0.2, 0) is 36.6 Å². The fourth-order valence-electron chi connectivity index (χ4n) is 8.01. The number of methoxy groups -OCH3 is 2. The number of nitro benzene ring substituents is 2. The number of nitrogens with zero attached hydrogens (tertiary/aromatic N) is 4. The van der Waals surface area contributed by atoms with Crippen molar-refractivity contribution in [2.24, 2.45) is 5.92 Å². The quantitative estimate of drug-likeness (QED) is 0.0237. The number of ether oxygens (including phenoxy) is 5. The summed E-state index contributed by atoms with van der Waals surface area (Å²) >= 11 is 0. The highest BCUT2D eigenvalue weighted by Gasteiger charge is 2.30. The van der Waals surface area contributed by atoms with E-state index in [1.165, 1.54) is 24.3 Å². The minimum absolute atomic E-state index is 0.0631. The van der Waals surface area contributed by atoms with Crippen molar-refractivity contribution in [3.05, 3.63) is 157 Å². The maximum Gasteiger partial charge on any atom is 0.269 e. The Morgan fingerprint density at radius 3 is 1.66 bits per heavy atom. The van der Waals surface area contributed by atoms with E-state index in [9.17, 15) is 25.0 Å². The summed E-state index contributed by atoms with van der Waals surface area (Å²) in [6.07, 6.45) is 8.78. The lowest BCUT2D eigenvalue weighted by molar-refractivity contribution is -0.385. The summed E-state index contributed by atoms with van der Waals surface area (Å²) in [4.78, 5) is 40.4. The number of ketones is 1. The van der Waals surface area contributed by atoms with E-state index < -0.39 is 9.85 Å². The van der Waals surface area contributed by atoms with Crippen LogP contribution >= 0.6 is 0 Å². The first-order valence-corrected chi connectivity index (χ1v) is 21.9. The van der Waals surface area contributed by atoms with E-state index in [0.717, 1.165) is 64.0 Å². The highest BCUT2D eigenvalue weighted by molar-refractivity contribution is 6.16. The molecule has 0 saturated heterocycles. The van der Waals surface area contributed by atoms with E-state index in [-0.39, 0.29) is 23.1 Å². The predicted molar refractivity (Wildman–Crippen MR) is 249 cm³/mol. The van der Waals surface area contributed by atoms with Crippen molar-refractivity contribution < 1.29 is 38.3 Å². The molecular formula is C50H58N4O10. The molecule has 0 radical (unpaired) electrons. The van der Waals surface area contributed by atoms with Crippen LogP contribution in [0, 0.1) is 26.1 Å². The fraction of sp³-hybridized carbons (Fsp3) is 0.380. The van der Waals surface area contributed by atoms with Crippen molar-refractivity contribution in [3.8, 4) is 11.5 Å². The van der Waals surface area contributed by atoms with Crippen LogP contribution < -0.4 is 14.5 Å². The number of non-ortho nitro benzene ring substituents is 2. The predicted octanol–water partition coefficient (Wildman–Crippen LogP) is 9.34. The number of carbonyl (C=O) groups is 1. The zero-order chi connectivity index (χ0) is 45.4. The lowest BCUT2D eigenvalue weighted by atomic mass is 9.82. The van der Waals surface area contributed by atoms with Crippen molar-refractivity contribution in [1.82, 2.24) is 0 Å². The molecule has 1 heterocycles. The van der Waals surface area contributed by atoms with Gasteiger partial charge in [-0.2, -0.15) is 0 Å². The number of nitro groups is 2. The number of rotatable bonds is 25. The highest BCUT2D eigenvalue weighted by atomic mass is 16.6. The van der Waals surface area contributed by atoms with Gasteiger partial charge in [-0.25, -0.2) is 0 Å². The fourth-order valence-corrected chi connectivity index (χ4v) is 8.01. The molecule has 1 atom stereocenters. The molecule has 14 heteroatoms. The first-order valence-electron chi connectivity index (χ1n) is 21.9. The number of hydrogen-bond acceptors (Lipinski definition) is 12. The molecule has 0 aromatic heterocycles.